The van der Waals surface area contributed by atoms with Crippen molar-refractivity contribution < 1.29 is 4.74 Å². The van der Waals surface area contributed by atoms with Crippen molar-refractivity contribution in [3.05, 3.63) is 42.0 Å². The molecule has 0 unspecified atom stereocenters. The fraction of sp³-hybridized carbons (Fsp3) is 0.375. The van der Waals surface area contributed by atoms with Crippen LogP contribution in [-0.2, 0) is 6.42 Å². The lowest BCUT2D eigenvalue weighted by Crippen LogP contribution is -2.13. The standard InChI is InChI=1S/C16H21NO/c1-17(2)12-6-7-13-10-11-16(18-3)15-9-5-4-8-14(13)15/h4-5,8-11H,6-7,12H2,1-3H3. The quantitative estimate of drug-likeness (QED) is 0.798. The van der Waals surface area contributed by atoms with Gasteiger partial charge in [0.2, 0.25) is 0 Å². The highest BCUT2D eigenvalue weighted by atomic mass is 16.5. The smallest absolute Gasteiger partial charge is 0.126 e. The number of methoxy groups -OCH3 is 1. The fourth-order valence-electron chi connectivity index (χ4n) is 2.32. The van der Waals surface area contributed by atoms with Crippen molar-refractivity contribution in [2.45, 2.75) is 12.8 Å². The summed E-state index contributed by atoms with van der Waals surface area (Å²) in [7, 11) is 5.96. The van der Waals surface area contributed by atoms with E-state index >= 15 is 0 Å². The maximum Gasteiger partial charge on any atom is 0.126 e. The van der Waals surface area contributed by atoms with E-state index in [-0.39, 0.29) is 0 Å². The number of rotatable bonds is 5. The lowest BCUT2D eigenvalue weighted by molar-refractivity contribution is 0.400. The molecular formula is C16H21NO. The molecule has 0 aliphatic rings. The molecule has 0 amide bonds. The predicted octanol–water partition coefficient (Wildman–Crippen LogP) is 3.34. The van der Waals surface area contributed by atoms with Crippen LogP contribution in [-0.4, -0.2) is 32.6 Å². The summed E-state index contributed by atoms with van der Waals surface area (Å²) in [6, 6.07) is 12.7. The molecule has 2 nitrogen and oxygen atoms in total. The van der Waals surface area contributed by atoms with Crippen LogP contribution in [0, 0.1) is 0 Å². The van der Waals surface area contributed by atoms with E-state index in [1.54, 1.807) is 7.11 Å². The number of hydrogen-bond donors (Lipinski definition) is 0. The molecule has 0 radical (unpaired) electrons. The third-order valence-corrected chi connectivity index (χ3v) is 3.25. The minimum Gasteiger partial charge on any atom is -0.496 e. The Bertz CT molecular complexity index is 519. The van der Waals surface area contributed by atoms with Crippen LogP contribution in [0.15, 0.2) is 36.4 Å². The summed E-state index contributed by atoms with van der Waals surface area (Å²) in [5.41, 5.74) is 1.41. The minimum atomic E-state index is 0.960. The molecule has 0 fully saturated rings. The third kappa shape index (κ3) is 2.82. The van der Waals surface area contributed by atoms with Gasteiger partial charge in [-0.1, -0.05) is 30.3 Å². The van der Waals surface area contributed by atoms with Gasteiger partial charge in [-0.15, -0.1) is 0 Å². The zero-order valence-electron chi connectivity index (χ0n) is 11.4. The Hall–Kier alpha value is -1.54. The summed E-state index contributed by atoms with van der Waals surface area (Å²) >= 11 is 0. The van der Waals surface area contributed by atoms with Gasteiger partial charge < -0.3 is 9.64 Å². The summed E-state index contributed by atoms with van der Waals surface area (Å²) in [5, 5.41) is 2.53. The molecule has 2 rings (SSSR count). The summed E-state index contributed by atoms with van der Waals surface area (Å²) in [4.78, 5) is 2.23. The van der Waals surface area contributed by atoms with E-state index in [4.69, 9.17) is 4.74 Å². The molecule has 0 aliphatic carbocycles. The van der Waals surface area contributed by atoms with E-state index in [0.29, 0.717) is 0 Å². The van der Waals surface area contributed by atoms with Crippen LogP contribution < -0.4 is 4.74 Å². The second-order valence-electron chi connectivity index (χ2n) is 4.88. The second kappa shape index (κ2) is 5.87. The average molecular weight is 243 g/mol. The van der Waals surface area contributed by atoms with Gasteiger partial charge in [0.1, 0.15) is 5.75 Å². The van der Waals surface area contributed by atoms with Crippen LogP contribution in [0.1, 0.15) is 12.0 Å². The third-order valence-electron chi connectivity index (χ3n) is 3.25. The van der Waals surface area contributed by atoms with Crippen molar-refractivity contribution in [1.29, 1.82) is 0 Å². The summed E-state index contributed by atoms with van der Waals surface area (Å²) < 4.78 is 5.42. The molecule has 2 heteroatoms. The van der Waals surface area contributed by atoms with Crippen LogP contribution in [0.5, 0.6) is 5.75 Å². The van der Waals surface area contributed by atoms with Crippen LogP contribution in [0.4, 0.5) is 0 Å². The van der Waals surface area contributed by atoms with Crippen molar-refractivity contribution in [3.8, 4) is 5.75 Å². The van der Waals surface area contributed by atoms with Crippen molar-refractivity contribution in [1.82, 2.24) is 4.90 Å². The molecule has 0 bridgehead atoms. The molecule has 18 heavy (non-hydrogen) atoms. The summed E-state index contributed by atoms with van der Waals surface area (Å²) in [6.07, 6.45) is 2.30. The van der Waals surface area contributed by atoms with Crippen molar-refractivity contribution in [2.75, 3.05) is 27.7 Å². The molecule has 0 N–H and O–H groups in total. The first kappa shape index (κ1) is 12.9. The Morgan fingerprint density at radius 3 is 2.39 bits per heavy atom. The Kier molecular flexibility index (Phi) is 4.21. The average Bonchev–Trinajstić information content (AvgIpc) is 2.38. The monoisotopic (exact) mass is 243 g/mol. The molecule has 0 saturated heterocycles. The first-order valence-corrected chi connectivity index (χ1v) is 6.41. The minimum absolute atomic E-state index is 0.960. The Morgan fingerprint density at radius 1 is 1.00 bits per heavy atom. The highest BCUT2D eigenvalue weighted by Crippen LogP contribution is 2.28. The molecular weight excluding hydrogens is 222 g/mol. The second-order valence-corrected chi connectivity index (χ2v) is 4.88. The van der Waals surface area contributed by atoms with E-state index in [0.717, 1.165) is 18.7 Å². The Morgan fingerprint density at radius 2 is 1.72 bits per heavy atom. The van der Waals surface area contributed by atoms with Crippen LogP contribution in [0.2, 0.25) is 0 Å². The van der Waals surface area contributed by atoms with E-state index < -0.39 is 0 Å². The molecule has 0 spiro atoms. The number of aryl methyl sites for hydroxylation is 1. The zero-order valence-corrected chi connectivity index (χ0v) is 11.4. The normalized spacial score (nSPS) is 11.1. The predicted molar refractivity (Wildman–Crippen MR) is 77.4 cm³/mol. The molecule has 2 aromatic carbocycles. The first-order chi connectivity index (χ1) is 8.72. The summed E-state index contributed by atoms with van der Waals surface area (Å²) in [5.74, 6) is 0.960. The zero-order chi connectivity index (χ0) is 13.0. The molecule has 0 aromatic heterocycles. The lowest BCUT2D eigenvalue weighted by Gasteiger charge is -2.12. The van der Waals surface area contributed by atoms with Gasteiger partial charge in [-0.05, 0) is 50.5 Å². The Balaban J connectivity index is 2.28. The van der Waals surface area contributed by atoms with Gasteiger partial charge in [0.15, 0.2) is 0 Å². The van der Waals surface area contributed by atoms with Gasteiger partial charge in [0, 0.05) is 5.39 Å². The van der Waals surface area contributed by atoms with Crippen molar-refractivity contribution in [3.63, 3.8) is 0 Å². The molecule has 0 atom stereocenters. The summed E-state index contributed by atoms with van der Waals surface area (Å²) in [6.45, 7) is 1.13. The SMILES string of the molecule is COc1ccc(CCCN(C)C)c2ccccc12. The first-order valence-electron chi connectivity index (χ1n) is 6.41. The molecule has 0 aliphatic heterocycles. The van der Waals surface area contributed by atoms with Crippen molar-refractivity contribution in [2.24, 2.45) is 0 Å². The maximum absolute atomic E-state index is 5.42. The van der Waals surface area contributed by atoms with Crippen LogP contribution in [0.25, 0.3) is 10.8 Å². The van der Waals surface area contributed by atoms with E-state index in [2.05, 4.69) is 55.4 Å². The van der Waals surface area contributed by atoms with Gasteiger partial charge in [-0.25, -0.2) is 0 Å². The van der Waals surface area contributed by atoms with Gasteiger partial charge in [0.05, 0.1) is 7.11 Å². The number of fused-ring (bicyclic) bond motifs is 1. The largest absolute Gasteiger partial charge is 0.496 e. The number of nitrogens with zero attached hydrogens (tertiary/aromatic N) is 1. The molecule has 0 saturated carbocycles. The molecule has 0 heterocycles. The van der Waals surface area contributed by atoms with E-state index in [1.807, 2.05) is 0 Å². The van der Waals surface area contributed by atoms with Crippen LogP contribution in [0.3, 0.4) is 0 Å². The maximum atomic E-state index is 5.42. The van der Waals surface area contributed by atoms with Gasteiger partial charge in [-0.2, -0.15) is 0 Å². The number of ether oxygens (including phenoxy) is 1. The molecule has 2 aromatic rings. The van der Waals surface area contributed by atoms with Crippen LogP contribution >= 0.6 is 0 Å². The topological polar surface area (TPSA) is 12.5 Å². The number of benzene rings is 2. The fourth-order valence-corrected chi connectivity index (χ4v) is 2.32. The van der Waals surface area contributed by atoms with Gasteiger partial charge in [-0.3, -0.25) is 0 Å². The highest BCUT2D eigenvalue weighted by molar-refractivity contribution is 5.91. The van der Waals surface area contributed by atoms with Crippen molar-refractivity contribution >= 4 is 10.8 Å². The van der Waals surface area contributed by atoms with Gasteiger partial charge in [0.25, 0.3) is 0 Å². The van der Waals surface area contributed by atoms with E-state index in [1.165, 1.54) is 22.8 Å². The number of hydrogen-bond acceptors (Lipinski definition) is 2. The Labute approximate surface area is 109 Å². The van der Waals surface area contributed by atoms with E-state index in [9.17, 15) is 0 Å². The lowest BCUT2D eigenvalue weighted by atomic mass is 10.00. The van der Waals surface area contributed by atoms with Gasteiger partial charge >= 0.3 is 0 Å². The highest BCUT2D eigenvalue weighted by Gasteiger charge is 2.05. The molecule has 96 valence electrons.